The van der Waals surface area contributed by atoms with Gasteiger partial charge >= 0.3 is 6.36 Å². The van der Waals surface area contributed by atoms with Crippen molar-refractivity contribution >= 4 is 0 Å². The third-order valence-corrected chi connectivity index (χ3v) is 4.29. The van der Waals surface area contributed by atoms with Crippen molar-refractivity contribution in [3.8, 4) is 5.75 Å². The van der Waals surface area contributed by atoms with E-state index < -0.39 is 17.9 Å². The van der Waals surface area contributed by atoms with Crippen molar-refractivity contribution in [3.63, 3.8) is 0 Å². The van der Waals surface area contributed by atoms with Crippen LogP contribution in [0.2, 0.25) is 0 Å². The molecule has 7 heteroatoms. The zero-order chi connectivity index (χ0) is 18.3. The summed E-state index contributed by atoms with van der Waals surface area (Å²) >= 11 is 0. The molecule has 1 saturated heterocycles. The van der Waals surface area contributed by atoms with Crippen LogP contribution in [0.25, 0.3) is 0 Å². The molecule has 1 heterocycles. The molecule has 0 aliphatic carbocycles. The first-order valence-corrected chi connectivity index (χ1v) is 8.51. The minimum Gasteiger partial charge on any atom is -0.403 e. The van der Waals surface area contributed by atoms with Crippen LogP contribution < -0.4 is 10.1 Å². The van der Waals surface area contributed by atoms with Crippen molar-refractivity contribution in [2.75, 3.05) is 26.2 Å². The van der Waals surface area contributed by atoms with Crippen LogP contribution in [0.4, 0.5) is 17.6 Å². The highest BCUT2D eigenvalue weighted by atomic mass is 19.4. The van der Waals surface area contributed by atoms with E-state index in [-0.39, 0.29) is 6.04 Å². The standard InChI is InChI=1S/C18H24F4N2O/c1-2-3-4-5-6-16(24-11-9-23-10-12-24)14-7-8-17(15(19)13-14)25-18(20,21)22/h2,7-8,13,16,23H,1,3-6,9-12H2/t16-/m1/s1. The molecule has 25 heavy (non-hydrogen) atoms. The lowest BCUT2D eigenvalue weighted by atomic mass is 9.97. The number of allylic oxidation sites excluding steroid dienone is 1. The van der Waals surface area contributed by atoms with E-state index >= 15 is 0 Å². The highest BCUT2D eigenvalue weighted by molar-refractivity contribution is 5.31. The highest BCUT2D eigenvalue weighted by Crippen LogP contribution is 2.32. The van der Waals surface area contributed by atoms with Gasteiger partial charge in [-0.15, -0.1) is 19.8 Å². The van der Waals surface area contributed by atoms with Crippen LogP contribution in [-0.4, -0.2) is 37.4 Å². The second-order valence-corrected chi connectivity index (χ2v) is 6.11. The van der Waals surface area contributed by atoms with Crippen molar-refractivity contribution in [1.82, 2.24) is 10.2 Å². The Labute approximate surface area is 145 Å². The van der Waals surface area contributed by atoms with Gasteiger partial charge in [0.25, 0.3) is 0 Å². The van der Waals surface area contributed by atoms with Gasteiger partial charge in [0.05, 0.1) is 0 Å². The number of hydrogen-bond acceptors (Lipinski definition) is 3. The molecular formula is C18H24F4N2O. The lowest BCUT2D eigenvalue weighted by Gasteiger charge is -2.35. The molecule has 0 unspecified atom stereocenters. The van der Waals surface area contributed by atoms with E-state index in [0.29, 0.717) is 5.56 Å². The Balaban J connectivity index is 2.14. The van der Waals surface area contributed by atoms with Crippen LogP contribution in [0, 0.1) is 5.82 Å². The predicted octanol–water partition coefficient (Wildman–Crippen LogP) is 4.42. The number of ether oxygens (including phenoxy) is 1. The van der Waals surface area contributed by atoms with E-state index in [1.54, 1.807) is 0 Å². The van der Waals surface area contributed by atoms with Gasteiger partial charge in [-0.05, 0) is 37.0 Å². The fourth-order valence-electron chi connectivity index (χ4n) is 3.11. The van der Waals surface area contributed by atoms with Gasteiger partial charge in [-0.1, -0.05) is 18.6 Å². The Morgan fingerprint density at radius 3 is 2.56 bits per heavy atom. The molecule has 2 rings (SSSR count). The fourth-order valence-corrected chi connectivity index (χ4v) is 3.11. The van der Waals surface area contributed by atoms with E-state index in [2.05, 4.69) is 21.5 Å². The second kappa shape index (κ2) is 9.20. The topological polar surface area (TPSA) is 24.5 Å². The first-order valence-electron chi connectivity index (χ1n) is 8.51. The van der Waals surface area contributed by atoms with Crippen LogP contribution in [0.15, 0.2) is 30.9 Å². The maximum absolute atomic E-state index is 14.1. The molecule has 0 saturated carbocycles. The van der Waals surface area contributed by atoms with Crippen molar-refractivity contribution in [3.05, 3.63) is 42.2 Å². The van der Waals surface area contributed by atoms with Gasteiger partial charge in [0.1, 0.15) is 0 Å². The van der Waals surface area contributed by atoms with E-state index in [1.165, 1.54) is 12.1 Å². The van der Waals surface area contributed by atoms with Gasteiger partial charge in [0.15, 0.2) is 11.6 Å². The van der Waals surface area contributed by atoms with Gasteiger partial charge in [-0.3, -0.25) is 4.90 Å². The average Bonchev–Trinajstić information content (AvgIpc) is 2.57. The molecule has 1 atom stereocenters. The Morgan fingerprint density at radius 1 is 1.24 bits per heavy atom. The maximum atomic E-state index is 14.1. The lowest BCUT2D eigenvalue weighted by molar-refractivity contribution is -0.275. The minimum absolute atomic E-state index is 0.0126. The van der Waals surface area contributed by atoms with Crippen molar-refractivity contribution in [1.29, 1.82) is 0 Å². The summed E-state index contributed by atoms with van der Waals surface area (Å²) in [5.41, 5.74) is 0.688. The lowest BCUT2D eigenvalue weighted by Crippen LogP contribution is -2.45. The molecule has 1 aliphatic heterocycles. The summed E-state index contributed by atoms with van der Waals surface area (Å²) in [6, 6.07) is 3.75. The molecule has 140 valence electrons. The van der Waals surface area contributed by atoms with E-state index in [0.717, 1.165) is 57.9 Å². The van der Waals surface area contributed by atoms with Crippen LogP contribution in [0.1, 0.15) is 37.3 Å². The largest absolute Gasteiger partial charge is 0.573 e. The van der Waals surface area contributed by atoms with Crippen LogP contribution in [0.5, 0.6) is 5.75 Å². The summed E-state index contributed by atoms with van der Waals surface area (Å²) in [4.78, 5) is 2.25. The van der Waals surface area contributed by atoms with Gasteiger partial charge in [0, 0.05) is 32.2 Å². The molecule has 1 aliphatic rings. The summed E-state index contributed by atoms with van der Waals surface area (Å²) in [6.45, 7) is 7.05. The zero-order valence-corrected chi connectivity index (χ0v) is 14.1. The molecule has 0 radical (unpaired) electrons. The number of rotatable bonds is 8. The van der Waals surface area contributed by atoms with Crippen molar-refractivity contribution in [2.45, 2.75) is 38.1 Å². The van der Waals surface area contributed by atoms with E-state index in [1.807, 2.05) is 6.08 Å². The average molecular weight is 360 g/mol. The van der Waals surface area contributed by atoms with Crippen molar-refractivity contribution < 1.29 is 22.3 Å². The van der Waals surface area contributed by atoms with E-state index in [4.69, 9.17) is 0 Å². The zero-order valence-electron chi connectivity index (χ0n) is 14.1. The molecule has 3 nitrogen and oxygen atoms in total. The maximum Gasteiger partial charge on any atom is 0.573 e. The Kier molecular flexibility index (Phi) is 7.25. The summed E-state index contributed by atoms with van der Waals surface area (Å²) in [5.74, 6) is -1.77. The molecule has 1 aromatic rings. The first-order chi connectivity index (χ1) is 11.9. The van der Waals surface area contributed by atoms with E-state index in [9.17, 15) is 17.6 Å². The number of piperazine rings is 1. The molecule has 1 fully saturated rings. The SMILES string of the molecule is C=CCCCC[C@H](c1ccc(OC(F)(F)F)c(F)c1)N1CCNCC1. The number of benzene rings is 1. The van der Waals surface area contributed by atoms with Crippen LogP contribution in [-0.2, 0) is 0 Å². The summed E-state index contributed by atoms with van der Waals surface area (Å²) in [7, 11) is 0. The molecule has 0 bridgehead atoms. The molecular weight excluding hydrogens is 336 g/mol. The summed E-state index contributed by atoms with van der Waals surface area (Å²) < 4.78 is 54.7. The van der Waals surface area contributed by atoms with Crippen LogP contribution >= 0.6 is 0 Å². The number of hydrogen-bond donors (Lipinski definition) is 1. The molecule has 1 aromatic carbocycles. The summed E-state index contributed by atoms with van der Waals surface area (Å²) in [6.07, 6.45) is 0.647. The fraction of sp³-hybridized carbons (Fsp3) is 0.556. The Hall–Kier alpha value is -1.60. The van der Waals surface area contributed by atoms with Crippen molar-refractivity contribution in [2.24, 2.45) is 0 Å². The number of nitrogens with one attached hydrogen (secondary N) is 1. The Morgan fingerprint density at radius 2 is 1.96 bits per heavy atom. The molecule has 0 amide bonds. The highest BCUT2D eigenvalue weighted by Gasteiger charge is 2.32. The third kappa shape index (κ3) is 6.32. The van der Waals surface area contributed by atoms with Gasteiger partial charge in [-0.25, -0.2) is 4.39 Å². The number of alkyl halides is 3. The van der Waals surface area contributed by atoms with Crippen LogP contribution in [0.3, 0.4) is 0 Å². The normalized spacial score (nSPS) is 17.3. The number of halogens is 4. The van der Waals surface area contributed by atoms with Gasteiger partial charge in [0.2, 0.25) is 0 Å². The molecule has 1 N–H and O–H groups in total. The third-order valence-electron chi connectivity index (χ3n) is 4.29. The monoisotopic (exact) mass is 360 g/mol. The predicted molar refractivity (Wildman–Crippen MR) is 88.9 cm³/mol. The molecule has 0 aromatic heterocycles. The number of nitrogens with zero attached hydrogens (tertiary/aromatic N) is 1. The summed E-state index contributed by atoms with van der Waals surface area (Å²) in [5, 5.41) is 3.27. The smallest absolute Gasteiger partial charge is 0.403 e. The molecule has 0 spiro atoms. The minimum atomic E-state index is -4.90. The second-order valence-electron chi connectivity index (χ2n) is 6.11. The van der Waals surface area contributed by atoms with Gasteiger partial charge < -0.3 is 10.1 Å². The first kappa shape index (κ1) is 19.7. The van der Waals surface area contributed by atoms with Gasteiger partial charge in [-0.2, -0.15) is 0 Å². The number of unbranched alkanes of at least 4 members (excludes halogenated alkanes) is 2. The Bertz CT molecular complexity index is 556. The quantitative estimate of drug-likeness (QED) is 0.422.